The van der Waals surface area contributed by atoms with Gasteiger partial charge in [0.2, 0.25) is 11.8 Å². The molecule has 1 heterocycles. The topological polar surface area (TPSA) is 75.4 Å². The minimum absolute atomic E-state index is 0.0336. The molecule has 1 fully saturated rings. The molecule has 0 aromatic heterocycles. The van der Waals surface area contributed by atoms with Crippen LogP contribution in [-0.2, 0) is 9.59 Å². The standard InChI is InChI=1S/C8H15N3O2/c1-10-4-7(12)11-3-2-6(5-11)8(9)13/h6,10H,2-5H2,1H3,(H2,9,13). The van der Waals surface area contributed by atoms with Crippen molar-refractivity contribution in [3.63, 3.8) is 0 Å². The van der Waals surface area contributed by atoms with Crippen LogP contribution in [0.15, 0.2) is 0 Å². The maximum atomic E-state index is 11.3. The molecular formula is C8H15N3O2. The van der Waals surface area contributed by atoms with Crippen LogP contribution in [0, 0.1) is 5.92 Å². The van der Waals surface area contributed by atoms with Gasteiger partial charge in [0, 0.05) is 13.1 Å². The lowest BCUT2D eigenvalue weighted by Gasteiger charge is -2.15. The molecule has 3 N–H and O–H groups in total. The number of nitrogens with zero attached hydrogens (tertiary/aromatic N) is 1. The van der Waals surface area contributed by atoms with E-state index in [9.17, 15) is 9.59 Å². The third kappa shape index (κ3) is 2.42. The predicted octanol–water partition coefficient (Wildman–Crippen LogP) is -1.46. The van der Waals surface area contributed by atoms with Gasteiger partial charge < -0.3 is 16.0 Å². The van der Waals surface area contributed by atoms with E-state index in [0.717, 1.165) is 0 Å². The maximum Gasteiger partial charge on any atom is 0.236 e. The molecule has 0 bridgehead atoms. The van der Waals surface area contributed by atoms with E-state index < -0.39 is 0 Å². The zero-order valence-electron chi connectivity index (χ0n) is 7.75. The Hall–Kier alpha value is -1.10. The van der Waals surface area contributed by atoms with Gasteiger partial charge in [-0.2, -0.15) is 0 Å². The van der Waals surface area contributed by atoms with Crippen molar-refractivity contribution in [2.24, 2.45) is 11.7 Å². The average Bonchev–Trinajstić information content (AvgIpc) is 2.52. The number of amides is 2. The molecule has 0 aromatic rings. The van der Waals surface area contributed by atoms with Gasteiger partial charge in [-0.05, 0) is 13.5 Å². The van der Waals surface area contributed by atoms with Gasteiger partial charge in [0.15, 0.2) is 0 Å². The molecule has 5 nitrogen and oxygen atoms in total. The summed E-state index contributed by atoms with van der Waals surface area (Å²) in [6.45, 7) is 1.45. The zero-order valence-corrected chi connectivity index (χ0v) is 7.75. The first-order valence-corrected chi connectivity index (χ1v) is 4.37. The van der Waals surface area contributed by atoms with Crippen molar-refractivity contribution in [3.8, 4) is 0 Å². The SMILES string of the molecule is CNCC(=O)N1CCC(C(N)=O)C1. The van der Waals surface area contributed by atoms with Crippen LogP contribution in [0.25, 0.3) is 0 Å². The van der Waals surface area contributed by atoms with Gasteiger partial charge in [0.25, 0.3) is 0 Å². The number of carbonyl (C=O) groups is 2. The first kappa shape index (κ1) is 9.98. The van der Waals surface area contributed by atoms with Crippen molar-refractivity contribution in [2.45, 2.75) is 6.42 Å². The van der Waals surface area contributed by atoms with Crippen LogP contribution >= 0.6 is 0 Å². The summed E-state index contributed by atoms with van der Waals surface area (Å²) in [5.41, 5.74) is 5.14. The van der Waals surface area contributed by atoms with Crippen LogP contribution in [0.2, 0.25) is 0 Å². The molecule has 13 heavy (non-hydrogen) atoms. The summed E-state index contributed by atoms with van der Waals surface area (Å²) in [5, 5.41) is 2.78. The van der Waals surface area contributed by atoms with Crippen molar-refractivity contribution in [1.29, 1.82) is 0 Å². The van der Waals surface area contributed by atoms with Crippen LogP contribution in [0.5, 0.6) is 0 Å². The Morgan fingerprint density at radius 1 is 1.62 bits per heavy atom. The van der Waals surface area contributed by atoms with Gasteiger partial charge in [-0.15, -0.1) is 0 Å². The number of likely N-dealkylation sites (N-methyl/N-ethyl adjacent to an activating group) is 1. The fraction of sp³-hybridized carbons (Fsp3) is 0.750. The van der Waals surface area contributed by atoms with E-state index in [1.54, 1.807) is 11.9 Å². The molecule has 0 spiro atoms. The van der Waals surface area contributed by atoms with E-state index >= 15 is 0 Å². The van der Waals surface area contributed by atoms with Gasteiger partial charge in [-0.25, -0.2) is 0 Å². The van der Waals surface area contributed by atoms with Crippen molar-refractivity contribution >= 4 is 11.8 Å². The monoisotopic (exact) mass is 185 g/mol. The van der Waals surface area contributed by atoms with Gasteiger partial charge in [0.1, 0.15) is 0 Å². The highest BCUT2D eigenvalue weighted by atomic mass is 16.2. The fourth-order valence-corrected chi connectivity index (χ4v) is 1.48. The molecule has 1 aliphatic heterocycles. The highest BCUT2D eigenvalue weighted by Crippen LogP contribution is 2.15. The highest BCUT2D eigenvalue weighted by molar-refractivity contribution is 5.81. The fourth-order valence-electron chi connectivity index (χ4n) is 1.48. The summed E-state index contributed by atoms with van der Waals surface area (Å²) < 4.78 is 0. The van der Waals surface area contributed by atoms with Crippen LogP contribution in [-0.4, -0.2) is 43.4 Å². The van der Waals surface area contributed by atoms with Crippen molar-refractivity contribution in [3.05, 3.63) is 0 Å². The van der Waals surface area contributed by atoms with Gasteiger partial charge in [-0.1, -0.05) is 0 Å². The second-order valence-electron chi connectivity index (χ2n) is 3.26. The Morgan fingerprint density at radius 2 is 2.31 bits per heavy atom. The van der Waals surface area contributed by atoms with Gasteiger partial charge >= 0.3 is 0 Å². The summed E-state index contributed by atoms with van der Waals surface area (Å²) in [6.07, 6.45) is 0.699. The van der Waals surface area contributed by atoms with E-state index in [1.807, 2.05) is 0 Å². The molecule has 0 saturated carbocycles. The number of nitrogens with two attached hydrogens (primary N) is 1. The van der Waals surface area contributed by atoms with Gasteiger partial charge in [-0.3, -0.25) is 9.59 Å². The molecule has 1 atom stereocenters. The Balaban J connectivity index is 2.40. The van der Waals surface area contributed by atoms with Crippen LogP contribution in [0.4, 0.5) is 0 Å². The molecule has 1 saturated heterocycles. The molecule has 5 heteroatoms. The Kier molecular flexibility index (Phi) is 3.25. The lowest BCUT2D eigenvalue weighted by Crippen LogP contribution is -2.36. The number of likely N-dealkylation sites (tertiary alicyclic amines) is 1. The molecule has 2 amide bonds. The van der Waals surface area contributed by atoms with Gasteiger partial charge in [0.05, 0.1) is 12.5 Å². The zero-order chi connectivity index (χ0) is 9.84. The molecule has 0 aliphatic carbocycles. The summed E-state index contributed by atoms with van der Waals surface area (Å²) >= 11 is 0. The van der Waals surface area contributed by atoms with E-state index in [2.05, 4.69) is 5.32 Å². The Labute approximate surface area is 77.3 Å². The molecule has 1 rings (SSSR count). The first-order valence-electron chi connectivity index (χ1n) is 4.37. The number of nitrogens with one attached hydrogen (secondary N) is 1. The summed E-state index contributed by atoms with van der Waals surface area (Å²) in [6, 6.07) is 0. The normalized spacial score (nSPS) is 21.9. The molecule has 0 aromatic carbocycles. The smallest absolute Gasteiger partial charge is 0.236 e. The number of hydrogen-bond donors (Lipinski definition) is 2. The number of rotatable bonds is 3. The summed E-state index contributed by atoms with van der Waals surface area (Å²) in [5.74, 6) is -0.424. The largest absolute Gasteiger partial charge is 0.369 e. The van der Waals surface area contributed by atoms with Crippen molar-refractivity contribution < 1.29 is 9.59 Å². The minimum atomic E-state index is -0.306. The maximum absolute atomic E-state index is 11.3. The number of hydrogen-bond acceptors (Lipinski definition) is 3. The van der Waals surface area contributed by atoms with E-state index in [-0.39, 0.29) is 17.7 Å². The van der Waals surface area contributed by atoms with E-state index in [1.165, 1.54) is 0 Å². The molecular weight excluding hydrogens is 170 g/mol. The van der Waals surface area contributed by atoms with Crippen LogP contribution in [0.1, 0.15) is 6.42 Å². The molecule has 1 unspecified atom stereocenters. The van der Waals surface area contributed by atoms with Crippen LogP contribution in [0.3, 0.4) is 0 Å². The number of primary amides is 1. The number of carbonyl (C=O) groups excluding carboxylic acids is 2. The third-order valence-electron chi connectivity index (χ3n) is 2.27. The lowest BCUT2D eigenvalue weighted by atomic mass is 10.1. The van der Waals surface area contributed by atoms with Crippen molar-refractivity contribution in [1.82, 2.24) is 10.2 Å². The second-order valence-corrected chi connectivity index (χ2v) is 3.26. The lowest BCUT2D eigenvalue weighted by molar-refractivity contribution is -0.129. The van der Waals surface area contributed by atoms with E-state index in [0.29, 0.717) is 26.1 Å². The molecule has 0 radical (unpaired) electrons. The highest BCUT2D eigenvalue weighted by Gasteiger charge is 2.28. The van der Waals surface area contributed by atoms with E-state index in [4.69, 9.17) is 5.73 Å². The Morgan fingerprint density at radius 3 is 2.77 bits per heavy atom. The Bertz CT molecular complexity index is 217. The van der Waals surface area contributed by atoms with Crippen molar-refractivity contribution in [2.75, 3.05) is 26.7 Å². The predicted molar refractivity (Wildman–Crippen MR) is 47.8 cm³/mol. The second kappa shape index (κ2) is 4.23. The van der Waals surface area contributed by atoms with Crippen LogP contribution < -0.4 is 11.1 Å². The minimum Gasteiger partial charge on any atom is -0.369 e. The third-order valence-corrected chi connectivity index (χ3v) is 2.27. The molecule has 1 aliphatic rings. The molecule has 74 valence electrons. The average molecular weight is 185 g/mol. The summed E-state index contributed by atoms with van der Waals surface area (Å²) in [7, 11) is 1.72. The summed E-state index contributed by atoms with van der Waals surface area (Å²) in [4.78, 5) is 23.8. The quantitative estimate of drug-likeness (QED) is 0.564. The first-order chi connectivity index (χ1) is 6.15.